The van der Waals surface area contributed by atoms with Crippen molar-refractivity contribution in [2.24, 2.45) is 5.73 Å². The van der Waals surface area contributed by atoms with Crippen molar-refractivity contribution >= 4 is 22.2 Å². The van der Waals surface area contributed by atoms with Crippen molar-refractivity contribution in [1.82, 2.24) is 0 Å². The van der Waals surface area contributed by atoms with Crippen molar-refractivity contribution < 1.29 is 15.0 Å². The van der Waals surface area contributed by atoms with Gasteiger partial charge in [-0.05, 0) is 12.1 Å². The van der Waals surface area contributed by atoms with Crippen LogP contribution in [-0.2, 0) is 0 Å². The second kappa shape index (κ2) is 4.54. The van der Waals surface area contributed by atoms with Crippen LogP contribution in [0.2, 0.25) is 0 Å². The number of phenols is 1. The Morgan fingerprint density at radius 2 is 2.21 bits per heavy atom. The first-order chi connectivity index (χ1) is 6.60. The van der Waals surface area contributed by atoms with Crippen LogP contribution >= 0.6 is 15.9 Å². The summed E-state index contributed by atoms with van der Waals surface area (Å²) >= 11 is 3.16. The zero-order chi connectivity index (χ0) is 10.7. The minimum absolute atomic E-state index is 0.0116. The van der Waals surface area contributed by atoms with Crippen molar-refractivity contribution in [3.8, 4) is 5.75 Å². The van der Waals surface area contributed by atoms with Gasteiger partial charge in [0.25, 0.3) is 0 Å². The predicted molar refractivity (Wildman–Crippen MR) is 55.2 cm³/mol. The molecule has 0 saturated carbocycles. The Labute approximate surface area is 89.5 Å². The summed E-state index contributed by atoms with van der Waals surface area (Å²) < 4.78 is 0.611. The topological polar surface area (TPSA) is 83.5 Å². The van der Waals surface area contributed by atoms with Gasteiger partial charge in [-0.15, -0.1) is 0 Å². The first-order valence-corrected chi connectivity index (χ1v) is 4.75. The highest BCUT2D eigenvalue weighted by Crippen LogP contribution is 2.30. The molecule has 4 N–H and O–H groups in total. The maximum absolute atomic E-state index is 10.5. The molecule has 4 nitrogen and oxygen atoms in total. The summed E-state index contributed by atoms with van der Waals surface area (Å²) in [7, 11) is 0. The van der Waals surface area contributed by atoms with E-state index in [4.69, 9.17) is 5.73 Å². The fraction of sp³-hybridized carbons (Fsp3) is 0.222. The van der Waals surface area contributed by atoms with Crippen molar-refractivity contribution in [3.63, 3.8) is 0 Å². The number of rotatable bonds is 3. The summed E-state index contributed by atoms with van der Waals surface area (Å²) in [5.41, 5.74) is 5.63. The molecule has 0 bridgehead atoms. The van der Waals surface area contributed by atoms with Crippen LogP contribution in [-0.4, -0.2) is 23.0 Å². The monoisotopic (exact) mass is 259 g/mol. The van der Waals surface area contributed by atoms with E-state index in [1.807, 2.05) is 0 Å². The summed E-state index contributed by atoms with van der Waals surface area (Å²) in [6, 6.07) is 2.99. The molecular weight excluding hydrogens is 250 g/mol. The summed E-state index contributed by atoms with van der Waals surface area (Å²) in [5, 5.41) is 19.0. The Bertz CT molecular complexity index is 354. The molecular formula is C9H10BrNO3. The number of aldehydes is 1. The van der Waals surface area contributed by atoms with Crippen LogP contribution in [0.15, 0.2) is 16.6 Å². The largest absolute Gasteiger partial charge is 0.507 e. The van der Waals surface area contributed by atoms with Crippen LogP contribution in [0.5, 0.6) is 5.75 Å². The lowest BCUT2D eigenvalue weighted by Crippen LogP contribution is -2.12. The Morgan fingerprint density at radius 3 is 2.71 bits per heavy atom. The van der Waals surface area contributed by atoms with Crippen LogP contribution in [0.25, 0.3) is 0 Å². The third-order valence-corrected chi connectivity index (χ3v) is 2.30. The zero-order valence-corrected chi connectivity index (χ0v) is 8.86. The number of aromatic hydroxyl groups is 1. The molecule has 1 atom stereocenters. The number of carbonyl (C=O) groups is 1. The lowest BCUT2D eigenvalue weighted by molar-refractivity contribution is 0.112. The third kappa shape index (κ3) is 2.12. The average Bonchev–Trinajstić information content (AvgIpc) is 2.19. The highest BCUT2D eigenvalue weighted by atomic mass is 79.9. The second-order valence-electron chi connectivity index (χ2n) is 2.80. The summed E-state index contributed by atoms with van der Waals surface area (Å²) in [6.45, 7) is -0.0116. The number of aliphatic hydroxyl groups is 1. The molecule has 0 spiro atoms. The van der Waals surface area contributed by atoms with Gasteiger partial charge in [0.05, 0.1) is 11.7 Å². The number of aliphatic hydroxyl groups excluding tert-OH is 1. The van der Waals surface area contributed by atoms with E-state index in [2.05, 4.69) is 15.9 Å². The highest BCUT2D eigenvalue weighted by Gasteiger charge is 2.14. The van der Waals surface area contributed by atoms with E-state index in [9.17, 15) is 15.0 Å². The Balaban J connectivity index is 3.28. The summed E-state index contributed by atoms with van der Waals surface area (Å²) in [6.07, 6.45) is -0.446. The van der Waals surface area contributed by atoms with E-state index >= 15 is 0 Å². The first kappa shape index (κ1) is 11.2. The molecule has 76 valence electrons. The molecule has 1 unspecified atom stereocenters. The van der Waals surface area contributed by atoms with Gasteiger partial charge in [-0.3, -0.25) is 4.79 Å². The minimum Gasteiger partial charge on any atom is -0.507 e. The Kier molecular flexibility index (Phi) is 3.62. The normalized spacial score (nSPS) is 12.5. The van der Waals surface area contributed by atoms with Gasteiger partial charge in [0, 0.05) is 16.6 Å². The van der Waals surface area contributed by atoms with Gasteiger partial charge >= 0.3 is 0 Å². The van der Waals surface area contributed by atoms with Crippen LogP contribution in [0, 0.1) is 0 Å². The lowest BCUT2D eigenvalue weighted by atomic mass is 10.0. The third-order valence-electron chi connectivity index (χ3n) is 1.84. The molecule has 1 aromatic carbocycles. The van der Waals surface area contributed by atoms with E-state index < -0.39 is 6.10 Å². The Morgan fingerprint density at radius 1 is 1.57 bits per heavy atom. The number of halogens is 1. The lowest BCUT2D eigenvalue weighted by Gasteiger charge is -2.12. The van der Waals surface area contributed by atoms with Gasteiger partial charge in [-0.25, -0.2) is 0 Å². The van der Waals surface area contributed by atoms with Crippen molar-refractivity contribution in [1.29, 1.82) is 0 Å². The van der Waals surface area contributed by atoms with Crippen molar-refractivity contribution in [2.75, 3.05) is 6.54 Å². The number of phenolic OH excluding ortho intramolecular Hbond substituents is 1. The molecule has 5 heteroatoms. The van der Waals surface area contributed by atoms with E-state index in [-0.39, 0.29) is 23.4 Å². The smallest absolute Gasteiger partial charge is 0.153 e. The molecule has 0 aliphatic carbocycles. The fourth-order valence-corrected chi connectivity index (χ4v) is 1.61. The number of carbonyl (C=O) groups excluding carboxylic acids is 1. The summed E-state index contributed by atoms with van der Waals surface area (Å²) in [5.74, 6) is -0.221. The molecule has 0 aliphatic rings. The van der Waals surface area contributed by atoms with Crippen molar-refractivity contribution in [3.05, 3.63) is 27.7 Å². The summed E-state index contributed by atoms with van der Waals surface area (Å²) in [4.78, 5) is 10.5. The molecule has 0 aliphatic heterocycles. The van der Waals surface area contributed by atoms with Gasteiger partial charge in [0.15, 0.2) is 6.29 Å². The molecule has 0 fully saturated rings. The zero-order valence-electron chi connectivity index (χ0n) is 7.27. The molecule has 1 rings (SSSR count). The predicted octanol–water partition coefficient (Wildman–Crippen LogP) is 0.959. The minimum atomic E-state index is -0.966. The van der Waals surface area contributed by atoms with E-state index in [1.165, 1.54) is 12.1 Å². The number of hydrogen-bond donors (Lipinski definition) is 3. The van der Waals surface area contributed by atoms with Gasteiger partial charge < -0.3 is 15.9 Å². The van der Waals surface area contributed by atoms with Gasteiger partial charge in [-0.2, -0.15) is 0 Å². The number of benzene rings is 1. The van der Waals surface area contributed by atoms with Gasteiger partial charge in [-0.1, -0.05) is 15.9 Å². The molecule has 1 aromatic rings. The molecule has 0 amide bonds. The van der Waals surface area contributed by atoms with E-state index in [0.29, 0.717) is 10.8 Å². The maximum atomic E-state index is 10.5. The Hall–Kier alpha value is -0.910. The second-order valence-corrected chi connectivity index (χ2v) is 3.72. The highest BCUT2D eigenvalue weighted by molar-refractivity contribution is 9.10. The van der Waals surface area contributed by atoms with Gasteiger partial charge in [0.2, 0.25) is 0 Å². The molecule has 0 saturated heterocycles. The van der Waals surface area contributed by atoms with Crippen LogP contribution in [0.3, 0.4) is 0 Å². The number of hydrogen-bond acceptors (Lipinski definition) is 4. The van der Waals surface area contributed by atoms with Crippen LogP contribution in [0.1, 0.15) is 22.0 Å². The standard InChI is InChI=1S/C9H10BrNO3/c10-6-1-5(4-12)9(14)7(2-6)8(13)3-11/h1-2,4,8,13-14H,3,11H2. The first-order valence-electron chi connectivity index (χ1n) is 3.96. The van der Waals surface area contributed by atoms with Crippen LogP contribution in [0.4, 0.5) is 0 Å². The molecule has 0 aromatic heterocycles. The SMILES string of the molecule is NCC(O)c1cc(Br)cc(C=O)c1O. The quantitative estimate of drug-likeness (QED) is 0.707. The van der Waals surface area contributed by atoms with Crippen molar-refractivity contribution in [2.45, 2.75) is 6.10 Å². The number of nitrogens with two attached hydrogens (primary N) is 1. The van der Waals surface area contributed by atoms with E-state index in [1.54, 1.807) is 0 Å². The average molecular weight is 260 g/mol. The van der Waals surface area contributed by atoms with Crippen LogP contribution < -0.4 is 5.73 Å². The van der Waals surface area contributed by atoms with E-state index in [0.717, 1.165) is 0 Å². The molecule has 0 heterocycles. The molecule has 0 radical (unpaired) electrons. The van der Waals surface area contributed by atoms with Gasteiger partial charge in [0.1, 0.15) is 5.75 Å². The molecule has 14 heavy (non-hydrogen) atoms. The maximum Gasteiger partial charge on any atom is 0.153 e. The fourth-order valence-electron chi connectivity index (χ4n) is 1.11.